The molecule has 1 unspecified atom stereocenters. The highest BCUT2D eigenvalue weighted by Crippen LogP contribution is 2.13. The Hall–Kier alpha value is -1.06. The second kappa shape index (κ2) is 6.03. The van der Waals surface area contributed by atoms with Gasteiger partial charge in [-0.05, 0) is 17.9 Å². The summed E-state index contributed by atoms with van der Waals surface area (Å²) in [4.78, 5) is 4.55. The van der Waals surface area contributed by atoms with Crippen molar-refractivity contribution in [3.05, 3.63) is 42.1 Å². The van der Waals surface area contributed by atoms with E-state index in [1.54, 1.807) is 11.8 Å². The third-order valence-corrected chi connectivity index (χ3v) is 3.64. The van der Waals surface area contributed by atoms with Crippen LogP contribution in [0.25, 0.3) is 10.9 Å². The summed E-state index contributed by atoms with van der Waals surface area (Å²) in [6.45, 7) is 2.10. The van der Waals surface area contributed by atoms with Crippen molar-refractivity contribution >= 4 is 22.7 Å². The van der Waals surface area contributed by atoms with E-state index >= 15 is 0 Å². The molecule has 2 aromatic rings. The molecule has 17 heavy (non-hydrogen) atoms. The van der Waals surface area contributed by atoms with E-state index in [2.05, 4.69) is 24.0 Å². The molecule has 1 aromatic heterocycles. The number of aliphatic hydroxyl groups is 1. The van der Waals surface area contributed by atoms with Crippen LogP contribution in [-0.2, 0) is 6.42 Å². The Morgan fingerprint density at radius 3 is 2.88 bits per heavy atom. The summed E-state index contributed by atoms with van der Waals surface area (Å²) in [6.07, 6.45) is 0.339. The topological polar surface area (TPSA) is 33.1 Å². The maximum atomic E-state index is 9.84. The van der Waals surface area contributed by atoms with Crippen LogP contribution in [0.1, 0.15) is 12.6 Å². The second-order valence-corrected chi connectivity index (χ2v) is 5.33. The molecular weight excluding hydrogens is 230 g/mol. The fourth-order valence-electron chi connectivity index (χ4n) is 1.78. The first-order valence-corrected chi connectivity index (χ1v) is 7.05. The van der Waals surface area contributed by atoms with Gasteiger partial charge in [0.15, 0.2) is 0 Å². The maximum absolute atomic E-state index is 9.84. The number of fused-ring (bicyclic) bond motifs is 1. The van der Waals surface area contributed by atoms with Gasteiger partial charge in [0.1, 0.15) is 0 Å². The minimum atomic E-state index is -0.298. The van der Waals surface area contributed by atoms with Crippen LogP contribution >= 0.6 is 11.8 Å². The van der Waals surface area contributed by atoms with Crippen LogP contribution in [-0.4, -0.2) is 27.7 Å². The van der Waals surface area contributed by atoms with Crippen LogP contribution < -0.4 is 0 Å². The Morgan fingerprint density at radius 2 is 2.06 bits per heavy atom. The zero-order chi connectivity index (χ0) is 12.1. The van der Waals surface area contributed by atoms with Gasteiger partial charge in [0.25, 0.3) is 0 Å². The van der Waals surface area contributed by atoms with Crippen molar-refractivity contribution in [1.82, 2.24) is 4.98 Å². The highest BCUT2D eigenvalue weighted by Gasteiger charge is 2.06. The smallest absolute Gasteiger partial charge is 0.0705 e. The van der Waals surface area contributed by atoms with Crippen molar-refractivity contribution in [3.8, 4) is 0 Å². The molecule has 1 aromatic carbocycles. The van der Waals surface area contributed by atoms with Crippen molar-refractivity contribution in [1.29, 1.82) is 0 Å². The van der Waals surface area contributed by atoms with E-state index in [4.69, 9.17) is 0 Å². The van der Waals surface area contributed by atoms with Gasteiger partial charge in [-0.2, -0.15) is 11.8 Å². The number of hydrogen-bond acceptors (Lipinski definition) is 3. The minimum Gasteiger partial charge on any atom is -0.392 e. The van der Waals surface area contributed by atoms with Gasteiger partial charge in [-0.15, -0.1) is 0 Å². The van der Waals surface area contributed by atoms with E-state index in [9.17, 15) is 5.11 Å². The molecule has 0 fully saturated rings. The molecular formula is C14H17NOS. The van der Waals surface area contributed by atoms with E-state index in [1.165, 1.54) is 0 Å². The summed E-state index contributed by atoms with van der Waals surface area (Å²) < 4.78 is 0. The van der Waals surface area contributed by atoms with Crippen molar-refractivity contribution in [3.63, 3.8) is 0 Å². The third kappa shape index (κ3) is 3.45. The standard InChI is InChI=1S/C14H17NOS/c1-2-17-10-13(16)9-12-8-7-11-5-3-4-6-14(11)15-12/h3-8,13,16H,2,9-10H2,1H3. The first-order chi connectivity index (χ1) is 8.29. The lowest BCUT2D eigenvalue weighted by molar-refractivity contribution is 0.199. The van der Waals surface area contributed by atoms with Gasteiger partial charge < -0.3 is 5.11 Å². The molecule has 0 saturated carbocycles. The first-order valence-electron chi connectivity index (χ1n) is 5.90. The van der Waals surface area contributed by atoms with E-state index in [0.717, 1.165) is 28.1 Å². The average molecular weight is 247 g/mol. The Balaban J connectivity index is 2.08. The van der Waals surface area contributed by atoms with Crippen molar-refractivity contribution in [2.24, 2.45) is 0 Å². The fourth-order valence-corrected chi connectivity index (χ4v) is 2.40. The Morgan fingerprint density at radius 1 is 1.24 bits per heavy atom. The van der Waals surface area contributed by atoms with Crippen LogP contribution in [0.2, 0.25) is 0 Å². The Kier molecular flexibility index (Phi) is 4.40. The molecule has 3 heteroatoms. The van der Waals surface area contributed by atoms with Gasteiger partial charge in [-0.25, -0.2) is 0 Å². The normalized spacial score (nSPS) is 12.8. The molecule has 2 nitrogen and oxygen atoms in total. The molecule has 1 atom stereocenters. The molecule has 0 saturated heterocycles. The van der Waals surface area contributed by atoms with E-state index in [-0.39, 0.29) is 6.10 Å². The molecule has 0 radical (unpaired) electrons. The lowest BCUT2D eigenvalue weighted by Gasteiger charge is -2.09. The van der Waals surface area contributed by atoms with Gasteiger partial charge in [-0.3, -0.25) is 4.98 Å². The number of benzene rings is 1. The van der Waals surface area contributed by atoms with Crippen LogP contribution in [0, 0.1) is 0 Å². The minimum absolute atomic E-state index is 0.298. The second-order valence-electron chi connectivity index (χ2n) is 4.01. The quantitative estimate of drug-likeness (QED) is 0.882. The highest BCUT2D eigenvalue weighted by atomic mass is 32.2. The number of aliphatic hydroxyl groups excluding tert-OH is 1. The van der Waals surface area contributed by atoms with Crippen molar-refractivity contribution < 1.29 is 5.11 Å². The maximum Gasteiger partial charge on any atom is 0.0705 e. The summed E-state index contributed by atoms with van der Waals surface area (Å²) in [5, 5.41) is 11.0. The molecule has 0 bridgehead atoms. The number of pyridine rings is 1. The molecule has 0 aliphatic rings. The number of nitrogens with zero attached hydrogens (tertiary/aromatic N) is 1. The molecule has 0 aliphatic heterocycles. The van der Waals surface area contributed by atoms with Gasteiger partial charge in [-0.1, -0.05) is 31.2 Å². The molecule has 0 amide bonds. The molecule has 0 spiro atoms. The zero-order valence-corrected chi connectivity index (χ0v) is 10.8. The van der Waals surface area contributed by atoms with Crippen LogP contribution in [0.3, 0.4) is 0 Å². The summed E-state index contributed by atoms with van der Waals surface area (Å²) in [7, 11) is 0. The summed E-state index contributed by atoms with van der Waals surface area (Å²) in [6, 6.07) is 12.1. The Labute approximate surface area is 106 Å². The lowest BCUT2D eigenvalue weighted by atomic mass is 10.1. The van der Waals surface area contributed by atoms with Crippen LogP contribution in [0.5, 0.6) is 0 Å². The SMILES string of the molecule is CCSCC(O)Cc1ccc2ccccc2n1. The highest BCUT2D eigenvalue weighted by molar-refractivity contribution is 7.99. The monoisotopic (exact) mass is 247 g/mol. The molecule has 0 aliphatic carbocycles. The number of rotatable bonds is 5. The van der Waals surface area contributed by atoms with Gasteiger partial charge >= 0.3 is 0 Å². The van der Waals surface area contributed by atoms with E-state index < -0.39 is 0 Å². The predicted molar refractivity (Wildman–Crippen MR) is 74.5 cm³/mol. The van der Waals surface area contributed by atoms with E-state index in [0.29, 0.717) is 6.42 Å². The molecule has 1 N–H and O–H groups in total. The lowest BCUT2D eigenvalue weighted by Crippen LogP contribution is -2.14. The van der Waals surface area contributed by atoms with Gasteiger partial charge in [0.2, 0.25) is 0 Å². The van der Waals surface area contributed by atoms with E-state index in [1.807, 2.05) is 24.3 Å². The third-order valence-electron chi connectivity index (χ3n) is 2.62. The molecule has 90 valence electrons. The van der Waals surface area contributed by atoms with Crippen molar-refractivity contribution in [2.75, 3.05) is 11.5 Å². The van der Waals surface area contributed by atoms with Crippen LogP contribution in [0.4, 0.5) is 0 Å². The summed E-state index contributed by atoms with van der Waals surface area (Å²) >= 11 is 1.76. The number of thioether (sulfide) groups is 1. The predicted octanol–water partition coefficient (Wildman–Crippen LogP) is 2.89. The fraction of sp³-hybridized carbons (Fsp3) is 0.357. The van der Waals surface area contributed by atoms with Crippen molar-refractivity contribution in [2.45, 2.75) is 19.4 Å². The summed E-state index contributed by atoms with van der Waals surface area (Å²) in [5.41, 5.74) is 1.97. The zero-order valence-electron chi connectivity index (χ0n) is 9.97. The number of para-hydroxylation sites is 1. The number of aromatic nitrogens is 1. The summed E-state index contributed by atoms with van der Waals surface area (Å²) in [5.74, 6) is 1.83. The average Bonchev–Trinajstić information content (AvgIpc) is 2.36. The number of hydrogen-bond donors (Lipinski definition) is 1. The van der Waals surface area contributed by atoms with Gasteiger partial charge in [0.05, 0.1) is 11.6 Å². The Bertz CT molecular complexity index is 486. The first kappa shape index (κ1) is 12.4. The van der Waals surface area contributed by atoms with Gasteiger partial charge in [0, 0.05) is 23.3 Å². The largest absolute Gasteiger partial charge is 0.392 e. The van der Waals surface area contributed by atoms with Crippen LogP contribution in [0.15, 0.2) is 36.4 Å². The molecule has 2 rings (SSSR count). The molecule has 1 heterocycles.